The third-order valence-electron chi connectivity index (χ3n) is 5.93. The van der Waals surface area contributed by atoms with Crippen LogP contribution in [0.4, 0.5) is 0 Å². The second-order valence-corrected chi connectivity index (χ2v) is 7.10. The zero-order valence-corrected chi connectivity index (χ0v) is 11.8. The Morgan fingerprint density at radius 3 is 2.67 bits per heavy atom. The number of hydrogen-bond acceptors (Lipinski definition) is 3. The maximum absolute atomic E-state index is 12.9. The van der Waals surface area contributed by atoms with Crippen LogP contribution in [0.25, 0.3) is 0 Å². The lowest BCUT2D eigenvalue weighted by atomic mass is 9.71. The quantitative estimate of drug-likeness (QED) is 0.778. The Hall–Kier alpha value is -0.410. The minimum Gasteiger partial charge on any atom is -0.390 e. The van der Waals surface area contributed by atoms with Crippen LogP contribution in [0.5, 0.6) is 0 Å². The van der Waals surface area contributed by atoms with E-state index in [1.165, 1.54) is 0 Å². The normalized spacial score (nSPS) is 55.1. The van der Waals surface area contributed by atoms with Crippen molar-refractivity contribution < 1.29 is 14.6 Å². The van der Waals surface area contributed by atoms with Crippen LogP contribution in [0.2, 0.25) is 0 Å². The third kappa shape index (κ3) is 1.25. The van der Waals surface area contributed by atoms with E-state index in [9.17, 15) is 9.90 Å². The summed E-state index contributed by atoms with van der Waals surface area (Å²) in [5.74, 6) is 1.15. The number of ether oxygens (including phenoxy) is 1. The molecule has 0 spiro atoms. The molecular formula is C15H24O3. The number of Topliss-reactive ketones (excluding diaryl/α,β-unsaturated/α-hetero) is 1. The van der Waals surface area contributed by atoms with Gasteiger partial charge in [-0.05, 0) is 31.6 Å². The monoisotopic (exact) mass is 252 g/mol. The Bertz CT molecular complexity index is 391. The Morgan fingerprint density at radius 2 is 2.06 bits per heavy atom. The molecular weight excluding hydrogens is 228 g/mol. The topological polar surface area (TPSA) is 46.5 Å². The third-order valence-corrected chi connectivity index (χ3v) is 5.93. The zero-order valence-electron chi connectivity index (χ0n) is 11.8. The minimum absolute atomic E-state index is 0.100. The van der Waals surface area contributed by atoms with Gasteiger partial charge in [0.2, 0.25) is 0 Å². The van der Waals surface area contributed by atoms with Crippen LogP contribution in [0.1, 0.15) is 47.0 Å². The molecule has 1 saturated carbocycles. The van der Waals surface area contributed by atoms with Crippen molar-refractivity contribution in [3.63, 3.8) is 0 Å². The van der Waals surface area contributed by atoms with E-state index in [0.717, 1.165) is 12.8 Å². The summed E-state index contributed by atoms with van der Waals surface area (Å²) >= 11 is 0. The number of carbonyl (C=O) groups is 1. The van der Waals surface area contributed by atoms with E-state index in [1.54, 1.807) is 0 Å². The van der Waals surface area contributed by atoms with E-state index in [1.807, 2.05) is 20.8 Å². The Labute approximate surface area is 109 Å². The van der Waals surface area contributed by atoms with Crippen LogP contribution in [0.3, 0.4) is 0 Å². The Kier molecular flexibility index (Phi) is 2.50. The molecule has 2 saturated heterocycles. The van der Waals surface area contributed by atoms with Gasteiger partial charge in [-0.25, -0.2) is 0 Å². The van der Waals surface area contributed by atoms with Crippen molar-refractivity contribution in [3.8, 4) is 0 Å². The van der Waals surface area contributed by atoms with E-state index < -0.39 is 17.3 Å². The summed E-state index contributed by atoms with van der Waals surface area (Å²) in [6, 6.07) is 0. The molecule has 1 N–H and O–H groups in total. The molecule has 0 aromatic rings. The van der Waals surface area contributed by atoms with E-state index in [4.69, 9.17) is 4.74 Å². The molecule has 3 fully saturated rings. The van der Waals surface area contributed by atoms with Gasteiger partial charge in [0, 0.05) is 18.3 Å². The Balaban J connectivity index is 2.10. The van der Waals surface area contributed by atoms with Gasteiger partial charge in [-0.15, -0.1) is 0 Å². The van der Waals surface area contributed by atoms with Gasteiger partial charge in [0.25, 0.3) is 0 Å². The van der Waals surface area contributed by atoms with Crippen LogP contribution in [-0.4, -0.2) is 28.2 Å². The van der Waals surface area contributed by atoms with Crippen molar-refractivity contribution in [2.45, 2.75) is 64.3 Å². The summed E-state index contributed by atoms with van der Waals surface area (Å²) in [7, 11) is 0. The van der Waals surface area contributed by atoms with Crippen molar-refractivity contribution >= 4 is 5.78 Å². The predicted octanol–water partition coefficient (Wildman–Crippen LogP) is 2.17. The molecule has 3 heteroatoms. The summed E-state index contributed by atoms with van der Waals surface area (Å²) in [4.78, 5) is 12.9. The van der Waals surface area contributed by atoms with Crippen LogP contribution in [-0.2, 0) is 9.53 Å². The van der Waals surface area contributed by atoms with Crippen LogP contribution < -0.4 is 0 Å². The largest absolute Gasteiger partial charge is 0.390 e. The molecule has 0 aromatic carbocycles. The van der Waals surface area contributed by atoms with Gasteiger partial charge in [-0.3, -0.25) is 4.79 Å². The average Bonchev–Trinajstić information content (AvgIpc) is 2.77. The van der Waals surface area contributed by atoms with Gasteiger partial charge >= 0.3 is 0 Å². The summed E-state index contributed by atoms with van der Waals surface area (Å²) in [6.45, 7) is 8.27. The number of hydrogen-bond donors (Lipinski definition) is 1. The lowest BCUT2D eigenvalue weighted by Crippen LogP contribution is -2.58. The molecule has 2 heterocycles. The molecule has 0 aromatic heterocycles. The van der Waals surface area contributed by atoms with Crippen molar-refractivity contribution in [2.75, 3.05) is 0 Å². The SMILES string of the molecule is CC(C)[C@@]12C[C@@H](O)[C@@](C)(O1)[C@@H]1CC[C@@H](C)[C@@H]1C2=O. The highest BCUT2D eigenvalue weighted by molar-refractivity contribution is 5.92. The van der Waals surface area contributed by atoms with Crippen molar-refractivity contribution in [1.29, 1.82) is 0 Å². The minimum atomic E-state index is -0.728. The smallest absolute Gasteiger partial charge is 0.168 e. The average molecular weight is 252 g/mol. The fourth-order valence-corrected chi connectivity index (χ4v) is 4.67. The number of carbonyl (C=O) groups excluding carboxylic acids is 1. The van der Waals surface area contributed by atoms with Gasteiger partial charge in [0.15, 0.2) is 5.78 Å². The molecule has 3 nitrogen and oxygen atoms in total. The van der Waals surface area contributed by atoms with Gasteiger partial charge in [0.05, 0.1) is 11.7 Å². The molecule has 1 aliphatic carbocycles. The summed E-state index contributed by atoms with van der Waals surface area (Å²) in [6.07, 6.45) is 2.09. The van der Waals surface area contributed by atoms with Crippen molar-refractivity contribution in [1.82, 2.24) is 0 Å². The zero-order chi connectivity index (χ0) is 13.3. The first kappa shape index (κ1) is 12.6. The van der Waals surface area contributed by atoms with Gasteiger partial charge < -0.3 is 9.84 Å². The second-order valence-electron chi connectivity index (χ2n) is 7.10. The number of rotatable bonds is 1. The van der Waals surface area contributed by atoms with E-state index in [-0.39, 0.29) is 23.5 Å². The molecule has 3 rings (SSSR count). The first-order valence-corrected chi connectivity index (χ1v) is 7.25. The molecule has 2 bridgehead atoms. The number of ketones is 1. The maximum atomic E-state index is 12.9. The number of aliphatic hydroxyl groups is 1. The predicted molar refractivity (Wildman–Crippen MR) is 68.1 cm³/mol. The number of fused-ring (bicyclic) bond motifs is 4. The fraction of sp³-hybridized carbons (Fsp3) is 0.933. The van der Waals surface area contributed by atoms with E-state index in [0.29, 0.717) is 12.3 Å². The number of aliphatic hydroxyl groups excluding tert-OH is 1. The summed E-state index contributed by atoms with van der Waals surface area (Å²) < 4.78 is 6.22. The standard InChI is InChI=1S/C15H24O3/c1-8(2)15-7-11(16)14(4,18-15)10-6-5-9(3)12(10)13(15)17/h8-12,16H,5-7H2,1-4H3/t9-,10-,11-,12+,14+,15-/m1/s1. The lowest BCUT2D eigenvalue weighted by molar-refractivity contribution is -0.205. The fourth-order valence-electron chi connectivity index (χ4n) is 4.67. The molecule has 2 aliphatic heterocycles. The Morgan fingerprint density at radius 1 is 1.39 bits per heavy atom. The van der Waals surface area contributed by atoms with Crippen molar-refractivity contribution in [3.05, 3.63) is 0 Å². The molecule has 0 amide bonds. The molecule has 18 heavy (non-hydrogen) atoms. The van der Waals surface area contributed by atoms with Crippen LogP contribution >= 0.6 is 0 Å². The van der Waals surface area contributed by atoms with Crippen LogP contribution in [0, 0.1) is 23.7 Å². The van der Waals surface area contributed by atoms with Gasteiger partial charge in [0.1, 0.15) is 5.60 Å². The first-order valence-electron chi connectivity index (χ1n) is 7.25. The highest BCUT2D eigenvalue weighted by Crippen LogP contribution is 2.59. The first-order chi connectivity index (χ1) is 8.33. The van der Waals surface area contributed by atoms with Crippen LogP contribution in [0.15, 0.2) is 0 Å². The molecule has 102 valence electrons. The van der Waals surface area contributed by atoms with Crippen molar-refractivity contribution in [2.24, 2.45) is 23.7 Å². The maximum Gasteiger partial charge on any atom is 0.168 e. The van der Waals surface area contributed by atoms with E-state index in [2.05, 4.69) is 6.92 Å². The molecule has 0 unspecified atom stereocenters. The molecule has 0 radical (unpaired) electrons. The lowest BCUT2D eigenvalue weighted by Gasteiger charge is -2.47. The van der Waals surface area contributed by atoms with Gasteiger partial charge in [-0.2, -0.15) is 0 Å². The highest BCUT2D eigenvalue weighted by atomic mass is 16.6. The second kappa shape index (κ2) is 3.57. The summed E-state index contributed by atoms with van der Waals surface area (Å²) in [5.41, 5.74) is -1.23. The van der Waals surface area contributed by atoms with E-state index >= 15 is 0 Å². The molecule has 3 aliphatic rings. The highest BCUT2D eigenvalue weighted by Gasteiger charge is 2.69. The summed E-state index contributed by atoms with van der Waals surface area (Å²) in [5, 5.41) is 10.4. The molecule has 6 atom stereocenters. The van der Waals surface area contributed by atoms with Gasteiger partial charge in [-0.1, -0.05) is 20.8 Å².